The van der Waals surface area contributed by atoms with Crippen LogP contribution in [-0.4, -0.2) is 5.11 Å². The Morgan fingerprint density at radius 3 is 1.95 bits per heavy atom. The van der Waals surface area contributed by atoms with E-state index in [1.165, 1.54) is 29.5 Å². The van der Waals surface area contributed by atoms with Crippen LogP contribution >= 0.6 is 0 Å². The van der Waals surface area contributed by atoms with Crippen LogP contribution in [0.5, 0.6) is 0 Å². The van der Waals surface area contributed by atoms with E-state index in [1.54, 1.807) is 0 Å². The number of hydrogen-bond acceptors (Lipinski definition) is 1. The summed E-state index contributed by atoms with van der Waals surface area (Å²) in [5, 5.41) is 10.0. The molecule has 1 aliphatic carbocycles. The van der Waals surface area contributed by atoms with E-state index in [9.17, 15) is 5.11 Å². The van der Waals surface area contributed by atoms with Crippen LogP contribution in [0.1, 0.15) is 82.7 Å². The van der Waals surface area contributed by atoms with Crippen LogP contribution in [0.15, 0.2) is 12.1 Å². The Hall–Kier alpha value is -0.820. The number of benzene rings is 1. The third-order valence-corrected chi connectivity index (χ3v) is 4.94. The molecule has 1 aromatic rings. The molecule has 0 unspecified atom stereocenters. The molecule has 1 aliphatic rings. The molecule has 106 valence electrons. The number of rotatable bonds is 2. The molecule has 1 N–H and O–H groups in total. The van der Waals surface area contributed by atoms with Crippen molar-refractivity contribution in [1.29, 1.82) is 0 Å². The van der Waals surface area contributed by atoms with E-state index in [0.717, 1.165) is 12.0 Å². The topological polar surface area (TPSA) is 20.2 Å². The molecule has 0 radical (unpaired) electrons. The molecule has 1 heteroatoms. The first-order valence-corrected chi connectivity index (χ1v) is 7.55. The molecule has 0 spiro atoms. The van der Waals surface area contributed by atoms with Crippen LogP contribution < -0.4 is 0 Å². The van der Waals surface area contributed by atoms with E-state index in [-0.39, 0.29) is 16.9 Å². The summed E-state index contributed by atoms with van der Waals surface area (Å²) in [5.41, 5.74) is 5.83. The molecule has 1 atom stereocenters. The van der Waals surface area contributed by atoms with Gasteiger partial charge >= 0.3 is 0 Å². The molecular weight excluding hydrogens is 232 g/mol. The van der Waals surface area contributed by atoms with Crippen molar-refractivity contribution in [3.05, 3.63) is 34.4 Å². The number of aliphatic hydroxyl groups is 1. The summed E-state index contributed by atoms with van der Waals surface area (Å²) in [4.78, 5) is 0. The van der Waals surface area contributed by atoms with Gasteiger partial charge in [-0.1, -0.05) is 46.8 Å². The molecule has 0 saturated heterocycles. The second-order valence-electron chi connectivity index (χ2n) is 7.39. The summed E-state index contributed by atoms with van der Waals surface area (Å²) in [5.74, 6) is 0. The fraction of sp³-hybridized carbons (Fsp3) is 0.667. The zero-order valence-electron chi connectivity index (χ0n) is 13.3. The van der Waals surface area contributed by atoms with Crippen molar-refractivity contribution in [2.75, 3.05) is 0 Å². The molecule has 0 fully saturated rings. The average molecular weight is 260 g/mol. The third kappa shape index (κ3) is 2.45. The van der Waals surface area contributed by atoms with E-state index in [2.05, 4.69) is 46.8 Å². The van der Waals surface area contributed by atoms with Gasteiger partial charge in [0.2, 0.25) is 0 Å². The molecule has 0 heterocycles. The smallest absolute Gasteiger partial charge is 0.0764 e. The quantitative estimate of drug-likeness (QED) is 0.820. The largest absolute Gasteiger partial charge is 0.389 e. The van der Waals surface area contributed by atoms with Gasteiger partial charge < -0.3 is 5.11 Å². The zero-order valence-corrected chi connectivity index (χ0v) is 13.3. The minimum absolute atomic E-state index is 0.223. The Labute approximate surface area is 118 Å². The molecular formula is C18H28O. The molecule has 19 heavy (non-hydrogen) atoms. The van der Waals surface area contributed by atoms with Gasteiger partial charge in [0.15, 0.2) is 0 Å². The van der Waals surface area contributed by atoms with E-state index in [0.29, 0.717) is 0 Å². The lowest BCUT2D eigenvalue weighted by atomic mass is 9.62. The van der Waals surface area contributed by atoms with Gasteiger partial charge in [-0.25, -0.2) is 0 Å². The zero-order chi connectivity index (χ0) is 14.4. The molecule has 0 saturated carbocycles. The van der Waals surface area contributed by atoms with Crippen LogP contribution in [-0.2, 0) is 17.3 Å². The van der Waals surface area contributed by atoms with Crippen LogP contribution in [0.2, 0.25) is 0 Å². The van der Waals surface area contributed by atoms with Crippen molar-refractivity contribution >= 4 is 0 Å². The highest BCUT2D eigenvalue weighted by atomic mass is 16.3. The van der Waals surface area contributed by atoms with Gasteiger partial charge in [0, 0.05) is 0 Å². The summed E-state index contributed by atoms with van der Waals surface area (Å²) in [7, 11) is 0. The summed E-state index contributed by atoms with van der Waals surface area (Å²) in [6, 6.07) is 4.64. The number of aliphatic hydroxyl groups excluding tert-OH is 1. The van der Waals surface area contributed by atoms with Gasteiger partial charge in [0.25, 0.3) is 0 Å². The molecule has 0 amide bonds. The highest BCUT2D eigenvalue weighted by Crippen LogP contribution is 2.47. The number of aryl methyl sites for hydroxylation is 1. The summed E-state index contributed by atoms with van der Waals surface area (Å²) in [6.07, 6.45) is 3.08. The fourth-order valence-electron chi connectivity index (χ4n) is 3.37. The maximum Gasteiger partial charge on any atom is 0.0764 e. The predicted molar refractivity (Wildman–Crippen MR) is 81.7 cm³/mol. The lowest BCUT2D eigenvalue weighted by molar-refractivity contribution is 0.197. The van der Waals surface area contributed by atoms with E-state index in [1.807, 2.05) is 6.92 Å². The lowest BCUT2D eigenvalue weighted by Crippen LogP contribution is -2.34. The van der Waals surface area contributed by atoms with E-state index < -0.39 is 0 Å². The molecule has 0 aliphatic heterocycles. The SMILES string of the molecule is CCc1cc2c(cc1[C@@H](C)O)C(C)(C)CCC2(C)C. The maximum atomic E-state index is 10.0. The molecule has 1 aromatic carbocycles. The first-order chi connectivity index (χ1) is 8.69. The number of hydrogen-bond donors (Lipinski definition) is 1. The Bertz CT molecular complexity index is 481. The molecule has 0 bridgehead atoms. The average Bonchev–Trinajstić information content (AvgIpc) is 2.33. The molecule has 1 nitrogen and oxygen atoms in total. The van der Waals surface area contributed by atoms with Crippen LogP contribution in [0.3, 0.4) is 0 Å². The third-order valence-electron chi connectivity index (χ3n) is 4.94. The van der Waals surface area contributed by atoms with Gasteiger partial charge in [-0.05, 0) is 59.3 Å². The van der Waals surface area contributed by atoms with Gasteiger partial charge in [-0.15, -0.1) is 0 Å². The number of fused-ring (bicyclic) bond motifs is 1. The summed E-state index contributed by atoms with van der Waals surface area (Å²) < 4.78 is 0. The minimum atomic E-state index is -0.374. The van der Waals surface area contributed by atoms with Crippen molar-refractivity contribution in [1.82, 2.24) is 0 Å². The standard InChI is InChI=1S/C18H28O/c1-7-13-10-15-16(11-14(13)12(2)19)18(5,6)9-8-17(15,3)4/h10-12,19H,7-9H2,1-6H3/t12-/m1/s1. The Morgan fingerprint density at radius 1 is 1.05 bits per heavy atom. The highest BCUT2D eigenvalue weighted by molar-refractivity contribution is 5.47. The minimum Gasteiger partial charge on any atom is -0.389 e. The second-order valence-corrected chi connectivity index (χ2v) is 7.39. The first-order valence-electron chi connectivity index (χ1n) is 7.55. The van der Waals surface area contributed by atoms with Crippen LogP contribution in [0.4, 0.5) is 0 Å². The monoisotopic (exact) mass is 260 g/mol. The lowest BCUT2D eigenvalue weighted by Gasteiger charge is -2.42. The summed E-state index contributed by atoms with van der Waals surface area (Å²) >= 11 is 0. The van der Waals surface area contributed by atoms with Crippen molar-refractivity contribution in [3.63, 3.8) is 0 Å². The predicted octanol–water partition coefficient (Wildman–Crippen LogP) is 4.65. The van der Waals surface area contributed by atoms with E-state index >= 15 is 0 Å². The molecule has 2 rings (SSSR count). The van der Waals surface area contributed by atoms with Gasteiger partial charge in [0.1, 0.15) is 0 Å². The van der Waals surface area contributed by atoms with Crippen LogP contribution in [0, 0.1) is 0 Å². The second kappa shape index (κ2) is 4.63. The van der Waals surface area contributed by atoms with Gasteiger partial charge in [0.05, 0.1) is 6.10 Å². The Balaban J connectivity index is 2.70. The van der Waals surface area contributed by atoms with Crippen LogP contribution in [0.25, 0.3) is 0 Å². The van der Waals surface area contributed by atoms with Gasteiger partial charge in [-0.3, -0.25) is 0 Å². The Morgan fingerprint density at radius 2 is 1.53 bits per heavy atom. The van der Waals surface area contributed by atoms with Crippen molar-refractivity contribution in [2.24, 2.45) is 0 Å². The first kappa shape index (κ1) is 14.6. The van der Waals surface area contributed by atoms with Crippen molar-refractivity contribution in [2.45, 2.75) is 77.7 Å². The van der Waals surface area contributed by atoms with Crippen molar-refractivity contribution < 1.29 is 5.11 Å². The van der Waals surface area contributed by atoms with Gasteiger partial charge in [-0.2, -0.15) is 0 Å². The van der Waals surface area contributed by atoms with Crippen molar-refractivity contribution in [3.8, 4) is 0 Å². The van der Waals surface area contributed by atoms with E-state index in [4.69, 9.17) is 0 Å². The highest BCUT2D eigenvalue weighted by Gasteiger charge is 2.37. The molecule has 0 aromatic heterocycles. The fourth-order valence-corrected chi connectivity index (χ4v) is 3.37. The normalized spacial score (nSPS) is 21.8. The summed E-state index contributed by atoms with van der Waals surface area (Å²) in [6.45, 7) is 13.4. The maximum absolute atomic E-state index is 10.0. The Kier molecular flexibility index (Phi) is 3.55.